The highest BCUT2D eigenvalue weighted by atomic mass is 32.1. The van der Waals surface area contributed by atoms with Gasteiger partial charge in [0.1, 0.15) is 0 Å². The number of hydrogen-bond donors (Lipinski definition) is 1. The van der Waals surface area contributed by atoms with Crippen LogP contribution < -0.4 is 5.73 Å². The van der Waals surface area contributed by atoms with E-state index in [-0.39, 0.29) is 36.1 Å². The van der Waals surface area contributed by atoms with Crippen molar-refractivity contribution in [2.45, 2.75) is 39.5 Å². The van der Waals surface area contributed by atoms with Gasteiger partial charge >= 0.3 is 0 Å². The van der Waals surface area contributed by atoms with E-state index < -0.39 is 0 Å². The normalized spacial score (nSPS) is 17.8. The fraction of sp³-hybridized carbons (Fsp3) is 0.714. The monoisotopic (exact) mass is 313 g/mol. The minimum atomic E-state index is -0.289. The smallest absolute Gasteiger partial charge is 0.229 e. The molecule has 0 aliphatic carbocycles. The lowest BCUT2D eigenvalue weighted by atomic mass is 9.82. The van der Waals surface area contributed by atoms with Gasteiger partial charge in [-0.25, -0.2) is 0 Å². The van der Waals surface area contributed by atoms with Gasteiger partial charge in [0.25, 0.3) is 0 Å². The zero-order valence-electron chi connectivity index (χ0n) is 12.8. The van der Waals surface area contributed by atoms with Gasteiger partial charge in [-0.05, 0) is 5.41 Å². The summed E-state index contributed by atoms with van der Waals surface area (Å²) in [6.07, 6.45) is 1.27. The summed E-state index contributed by atoms with van der Waals surface area (Å²) in [5.74, 6) is -0.527. The standard InChI is InChI=1S/C14H23N3O3S/c1-14(2)8-12(19)17(13(20)9-14)7-5-11(18)16(3)6-4-10(15)21/h4-9H2,1-3H3,(H2,15,21). The average Bonchev–Trinajstić information content (AvgIpc) is 2.32. The Morgan fingerprint density at radius 1 is 1.29 bits per heavy atom. The highest BCUT2D eigenvalue weighted by Crippen LogP contribution is 2.31. The molecule has 1 saturated heterocycles. The maximum absolute atomic E-state index is 12.0. The van der Waals surface area contributed by atoms with Crippen LogP contribution in [0.2, 0.25) is 0 Å². The van der Waals surface area contributed by atoms with Crippen molar-refractivity contribution in [2.24, 2.45) is 11.1 Å². The van der Waals surface area contributed by atoms with E-state index in [1.807, 2.05) is 13.8 Å². The quantitative estimate of drug-likeness (QED) is 0.576. The molecular weight excluding hydrogens is 290 g/mol. The summed E-state index contributed by atoms with van der Waals surface area (Å²) >= 11 is 4.76. The lowest BCUT2D eigenvalue weighted by Gasteiger charge is -2.34. The van der Waals surface area contributed by atoms with Crippen molar-refractivity contribution in [2.75, 3.05) is 20.1 Å². The van der Waals surface area contributed by atoms with Crippen LogP contribution in [-0.2, 0) is 14.4 Å². The first kappa shape index (κ1) is 17.6. The third-order valence-electron chi connectivity index (χ3n) is 3.53. The molecule has 1 aliphatic rings. The largest absolute Gasteiger partial charge is 0.393 e. The molecular formula is C14H23N3O3S. The van der Waals surface area contributed by atoms with Crippen LogP contribution >= 0.6 is 12.2 Å². The van der Waals surface area contributed by atoms with Gasteiger partial charge in [0.05, 0.1) is 4.99 Å². The summed E-state index contributed by atoms with van der Waals surface area (Å²) in [6, 6.07) is 0. The maximum Gasteiger partial charge on any atom is 0.229 e. The van der Waals surface area contributed by atoms with E-state index in [2.05, 4.69) is 0 Å². The van der Waals surface area contributed by atoms with Gasteiger partial charge in [0.2, 0.25) is 17.7 Å². The first-order valence-electron chi connectivity index (χ1n) is 6.98. The second-order valence-electron chi connectivity index (χ2n) is 6.24. The Labute approximate surface area is 130 Å². The van der Waals surface area contributed by atoms with Crippen LogP contribution in [0.15, 0.2) is 0 Å². The number of imide groups is 1. The number of rotatable bonds is 6. The predicted molar refractivity (Wildman–Crippen MR) is 83.4 cm³/mol. The van der Waals surface area contributed by atoms with Crippen LogP contribution in [0.25, 0.3) is 0 Å². The zero-order valence-corrected chi connectivity index (χ0v) is 13.7. The molecule has 6 nitrogen and oxygen atoms in total. The molecule has 0 radical (unpaired) electrons. The van der Waals surface area contributed by atoms with Gasteiger partial charge in [-0.1, -0.05) is 26.1 Å². The van der Waals surface area contributed by atoms with Crippen LogP contribution in [0.4, 0.5) is 0 Å². The Hall–Kier alpha value is -1.50. The maximum atomic E-state index is 12.0. The summed E-state index contributed by atoms with van der Waals surface area (Å²) in [6.45, 7) is 4.39. The molecule has 1 fully saturated rings. The average molecular weight is 313 g/mol. The summed E-state index contributed by atoms with van der Waals surface area (Å²) < 4.78 is 0. The number of hydrogen-bond acceptors (Lipinski definition) is 4. The minimum Gasteiger partial charge on any atom is -0.393 e. The number of piperidine rings is 1. The molecule has 7 heteroatoms. The van der Waals surface area contributed by atoms with E-state index in [1.165, 1.54) is 9.80 Å². The van der Waals surface area contributed by atoms with Crippen LogP contribution in [0.1, 0.15) is 39.5 Å². The molecule has 0 spiro atoms. The number of carbonyl (C=O) groups is 3. The molecule has 0 atom stereocenters. The van der Waals surface area contributed by atoms with Crippen molar-refractivity contribution >= 4 is 34.9 Å². The van der Waals surface area contributed by atoms with Crippen LogP contribution in [0.3, 0.4) is 0 Å². The fourth-order valence-electron chi connectivity index (χ4n) is 2.26. The van der Waals surface area contributed by atoms with Gasteiger partial charge in [0, 0.05) is 45.8 Å². The van der Waals surface area contributed by atoms with E-state index in [0.717, 1.165) is 0 Å². The molecule has 0 saturated carbocycles. The van der Waals surface area contributed by atoms with Gasteiger partial charge < -0.3 is 10.6 Å². The Bertz CT molecular complexity index is 442. The zero-order chi connectivity index (χ0) is 16.2. The van der Waals surface area contributed by atoms with Gasteiger partial charge in [-0.3, -0.25) is 19.3 Å². The number of thiocarbonyl (C=S) groups is 1. The van der Waals surface area contributed by atoms with E-state index in [9.17, 15) is 14.4 Å². The molecule has 0 unspecified atom stereocenters. The van der Waals surface area contributed by atoms with Crippen LogP contribution in [0.5, 0.6) is 0 Å². The van der Waals surface area contributed by atoms with Crippen LogP contribution in [0, 0.1) is 5.41 Å². The highest BCUT2D eigenvalue weighted by molar-refractivity contribution is 7.80. The Morgan fingerprint density at radius 3 is 2.29 bits per heavy atom. The molecule has 1 rings (SSSR count). The number of carbonyl (C=O) groups excluding carboxylic acids is 3. The molecule has 1 heterocycles. The van der Waals surface area contributed by atoms with E-state index in [1.54, 1.807) is 7.05 Å². The third-order valence-corrected chi connectivity index (χ3v) is 3.73. The molecule has 3 amide bonds. The molecule has 1 aliphatic heterocycles. The molecule has 0 aromatic rings. The second-order valence-corrected chi connectivity index (χ2v) is 6.76. The van der Waals surface area contributed by atoms with Gasteiger partial charge in [-0.15, -0.1) is 0 Å². The van der Waals surface area contributed by atoms with Crippen LogP contribution in [-0.4, -0.2) is 52.6 Å². The Kier molecular flexibility index (Phi) is 5.83. The van der Waals surface area contributed by atoms with Crippen molar-refractivity contribution in [1.82, 2.24) is 9.80 Å². The molecule has 0 bridgehead atoms. The number of nitrogens with two attached hydrogens (primary N) is 1. The van der Waals surface area contributed by atoms with Crippen molar-refractivity contribution in [3.8, 4) is 0 Å². The third kappa shape index (κ3) is 5.41. The highest BCUT2D eigenvalue weighted by Gasteiger charge is 2.37. The first-order valence-corrected chi connectivity index (χ1v) is 7.39. The number of nitrogens with zero attached hydrogens (tertiary/aromatic N) is 2. The number of likely N-dealkylation sites (tertiary alicyclic amines) is 1. The lowest BCUT2D eigenvalue weighted by molar-refractivity contribution is -0.152. The second kappa shape index (κ2) is 6.98. The van der Waals surface area contributed by atoms with E-state index in [0.29, 0.717) is 30.8 Å². The van der Waals surface area contributed by atoms with Crippen molar-refractivity contribution in [3.05, 3.63) is 0 Å². The fourth-order valence-corrected chi connectivity index (χ4v) is 2.35. The van der Waals surface area contributed by atoms with Gasteiger partial charge in [-0.2, -0.15) is 0 Å². The van der Waals surface area contributed by atoms with E-state index >= 15 is 0 Å². The lowest BCUT2D eigenvalue weighted by Crippen LogP contribution is -2.47. The minimum absolute atomic E-state index is 0.128. The van der Waals surface area contributed by atoms with E-state index in [4.69, 9.17) is 18.0 Å². The molecule has 0 aromatic heterocycles. The van der Waals surface area contributed by atoms with Crippen molar-refractivity contribution in [3.63, 3.8) is 0 Å². The van der Waals surface area contributed by atoms with Crippen molar-refractivity contribution in [1.29, 1.82) is 0 Å². The van der Waals surface area contributed by atoms with Crippen molar-refractivity contribution < 1.29 is 14.4 Å². The first-order chi connectivity index (χ1) is 9.62. The topological polar surface area (TPSA) is 83.7 Å². The summed E-state index contributed by atoms with van der Waals surface area (Å²) in [7, 11) is 1.66. The number of amides is 3. The summed E-state index contributed by atoms with van der Waals surface area (Å²) in [4.78, 5) is 38.9. The molecule has 0 aromatic carbocycles. The summed E-state index contributed by atoms with van der Waals surface area (Å²) in [5.41, 5.74) is 5.10. The Morgan fingerprint density at radius 2 is 1.81 bits per heavy atom. The molecule has 118 valence electrons. The SMILES string of the molecule is CN(CCC(N)=S)C(=O)CCN1C(=O)CC(C)(C)CC1=O. The van der Waals surface area contributed by atoms with Gasteiger partial charge in [0.15, 0.2) is 0 Å². The predicted octanol–water partition coefficient (Wildman–Crippen LogP) is 0.686. The molecule has 21 heavy (non-hydrogen) atoms. The Balaban J connectivity index is 2.47. The summed E-state index contributed by atoms with van der Waals surface area (Å²) in [5, 5.41) is 0. The molecule has 2 N–H and O–H groups in total.